The summed E-state index contributed by atoms with van der Waals surface area (Å²) in [6.45, 7) is 0.762. The van der Waals surface area contributed by atoms with Crippen LogP contribution in [-0.2, 0) is 10.0 Å². The van der Waals surface area contributed by atoms with Gasteiger partial charge in [0.25, 0.3) is 15.9 Å². The van der Waals surface area contributed by atoms with Gasteiger partial charge in [0.15, 0.2) is 0 Å². The number of amidine groups is 1. The van der Waals surface area contributed by atoms with Crippen molar-refractivity contribution in [3.05, 3.63) is 63.6 Å². The van der Waals surface area contributed by atoms with Gasteiger partial charge in [-0.25, -0.2) is 8.42 Å². The van der Waals surface area contributed by atoms with Crippen molar-refractivity contribution in [3.8, 4) is 0 Å². The maximum Gasteiger partial charge on any atom is 0.263 e. The quantitative estimate of drug-likeness (QED) is 0.741. The minimum atomic E-state index is -3.53. The van der Waals surface area contributed by atoms with Crippen LogP contribution >= 0.6 is 23.2 Å². The molecule has 0 bridgehead atoms. The minimum Gasteiger partial charge on any atom is -0.352 e. The number of rotatable bonds is 5. The molecule has 2 aromatic rings. The number of aliphatic imine (C=N–C) groups is 1. The molecule has 1 aliphatic rings. The second-order valence-corrected chi connectivity index (χ2v) is 8.04. The SMILES string of the molecule is O=C(NCCCN=C1NS(=O)(=O)c2ccccc21)c1ccc(Cl)c(Cl)c1. The van der Waals surface area contributed by atoms with Crippen molar-refractivity contribution in [2.45, 2.75) is 11.3 Å². The van der Waals surface area contributed by atoms with Gasteiger partial charge in [-0.1, -0.05) is 35.3 Å². The summed E-state index contributed by atoms with van der Waals surface area (Å²) in [7, 11) is -3.53. The van der Waals surface area contributed by atoms with E-state index in [9.17, 15) is 13.2 Å². The first-order valence-electron chi connectivity index (χ1n) is 7.78. The molecule has 2 aromatic carbocycles. The van der Waals surface area contributed by atoms with Crippen LogP contribution in [0.5, 0.6) is 0 Å². The fraction of sp³-hybridized carbons (Fsp3) is 0.176. The molecule has 0 saturated heterocycles. The van der Waals surface area contributed by atoms with E-state index in [2.05, 4.69) is 15.0 Å². The van der Waals surface area contributed by atoms with Crippen molar-refractivity contribution in [1.82, 2.24) is 10.0 Å². The van der Waals surface area contributed by atoms with Crippen LogP contribution < -0.4 is 10.0 Å². The van der Waals surface area contributed by atoms with Crippen LogP contribution in [0, 0.1) is 0 Å². The Morgan fingerprint density at radius 3 is 2.65 bits per heavy atom. The Hall–Kier alpha value is -2.09. The normalized spacial score (nSPS) is 16.2. The lowest BCUT2D eigenvalue weighted by atomic mass is 10.2. The van der Waals surface area contributed by atoms with Gasteiger partial charge < -0.3 is 5.32 Å². The summed E-state index contributed by atoms with van der Waals surface area (Å²) in [5, 5.41) is 3.46. The monoisotopic (exact) mass is 411 g/mol. The zero-order chi connectivity index (χ0) is 18.7. The third-order valence-electron chi connectivity index (χ3n) is 3.73. The number of fused-ring (bicyclic) bond motifs is 1. The van der Waals surface area contributed by atoms with Gasteiger partial charge in [-0.15, -0.1) is 0 Å². The Balaban J connectivity index is 1.54. The van der Waals surface area contributed by atoms with E-state index in [1.54, 1.807) is 30.3 Å². The maximum atomic E-state index is 12.0. The van der Waals surface area contributed by atoms with E-state index in [1.807, 2.05) is 0 Å². The lowest BCUT2D eigenvalue weighted by Crippen LogP contribution is -2.25. The number of amides is 1. The second kappa shape index (κ2) is 7.65. The second-order valence-electron chi connectivity index (χ2n) is 5.57. The van der Waals surface area contributed by atoms with Gasteiger partial charge >= 0.3 is 0 Å². The minimum absolute atomic E-state index is 0.228. The smallest absolute Gasteiger partial charge is 0.263 e. The van der Waals surface area contributed by atoms with E-state index in [0.717, 1.165) is 0 Å². The molecule has 1 aliphatic heterocycles. The topological polar surface area (TPSA) is 87.6 Å². The highest BCUT2D eigenvalue weighted by Crippen LogP contribution is 2.23. The van der Waals surface area contributed by atoms with Crippen molar-refractivity contribution in [2.75, 3.05) is 13.1 Å². The van der Waals surface area contributed by atoms with E-state index < -0.39 is 10.0 Å². The molecule has 1 amide bonds. The molecule has 26 heavy (non-hydrogen) atoms. The standard InChI is InChI=1S/C17H15Cl2N3O3S/c18-13-7-6-11(10-14(13)19)17(23)21-9-3-8-20-16-12-4-1-2-5-15(12)26(24,25)22-16/h1-2,4-7,10H,3,8-9H2,(H,20,22)(H,21,23). The van der Waals surface area contributed by atoms with Gasteiger partial charge in [0.2, 0.25) is 0 Å². The summed E-state index contributed by atoms with van der Waals surface area (Å²) in [6.07, 6.45) is 0.556. The van der Waals surface area contributed by atoms with Crippen molar-refractivity contribution < 1.29 is 13.2 Å². The molecule has 0 aliphatic carbocycles. The molecule has 6 nitrogen and oxygen atoms in total. The zero-order valence-electron chi connectivity index (χ0n) is 13.5. The predicted octanol–water partition coefficient (Wildman–Crippen LogP) is 2.85. The number of nitrogens with one attached hydrogen (secondary N) is 2. The Morgan fingerprint density at radius 1 is 1.12 bits per heavy atom. The molecule has 3 rings (SSSR count). The first-order chi connectivity index (χ1) is 12.4. The van der Waals surface area contributed by atoms with Crippen molar-refractivity contribution in [2.24, 2.45) is 4.99 Å². The van der Waals surface area contributed by atoms with E-state index in [1.165, 1.54) is 12.1 Å². The van der Waals surface area contributed by atoms with Crippen molar-refractivity contribution >= 4 is 45.0 Å². The molecule has 0 atom stereocenters. The first kappa shape index (κ1) is 18.7. The molecule has 0 fully saturated rings. The van der Waals surface area contributed by atoms with Crippen LogP contribution in [0.15, 0.2) is 52.4 Å². The van der Waals surface area contributed by atoms with Crippen LogP contribution in [0.4, 0.5) is 0 Å². The summed E-state index contributed by atoms with van der Waals surface area (Å²) in [6, 6.07) is 11.3. The van der Waals surface area contributed by atoms with Crippen LogP contribution in [-0.4, -0.2) is 33.3 Å². The van der Waals surface area contributed by atoms with Crippen LogP contribution in [0.2, 0.25) is 10.0 Å². The zero-order valence-corrected chi connectivity index (χ0v) is 15.8. The number of hydrogen-bond donors (Lipinski definition) is 2. The third kappa shape index (κ3) is 4.00. The molecule has 0 saturated carbocycles. The molecular weight excluding hydrogens is 397 g/mol. The number of halogens is 2. The highest BCUT2D eigenvalue weighted by atomic mass is 35.5. The Kier molecular flexibility index (Phi) is 5.50. The van der Waals surface area contributed by atoms with Gasteiger partial charge in [-0.3, -0.25) is 14.5 Å². The number of hydrogen-bond acceptors (Lipinski definition) is 4. The van der Waals surface area contributed by atoms with E-state index in [0.29, 0.717) is 46.5 Å². The van der Waals surface area contributed by atoms with Crippen LogP contribution in [0.1, 0.15) is 22.3 Å². The summed E-state index contributed by atoms with van der Waals surface area (Å²) in [5.41, 5.74) is 0.982. The molecule has 2 N–H and O–H groups in total. The lowest BCUT2D eigenvalue weighted by Gasteiger charge is -2.05. The van der Waals surface area contributed by atoms with Crippen molar-refractivity contribution in [3.63, 3.8) is 0 Å². The van der Waals surface area contributed by atoms with Gasteiger partial charge in [0.1, 0.15) is 5.84 Å². The van der Waals surface area contributed by atoms with Gasteiger partial charge in [0.05, 0.1) is 14.9 Å². The summed E-state index contributed by atoms with van der Waals surface area (Å²) in [5.74, 6) is 0.0690. The number of benzene rings is 2. The van der Waals surface area contributed by atoms with Crippen LogP contribution in [0.25, 0.3) is 0 Å². The average Bonchev–Trinajstić information content (AvgIpc) is 2.88. The number of carbonyl (C=O) groups excluding carboxylic acids is 1. The third-order valence-corrected chi connectivity index (χ3v) is 5.87. The first-order valence-corrected chi connectivity index (χ1v) is 10.0. The Morgan fingerprint density at radius 2 is 1.88 bits per heavy atom. The number of carbonyl (C=O) groups is 1. The van der Waals surface area contributed by atoms with E-state index >= 15 is 0 Å². The number of sulfonamides is 1. The fourth-order valence-electron chi connectivity index (χ4n) is 2.46. The molecule has 0 radical (unpaired) electrons. The maximum absolute atomic E-state index is 12.0. The molecule has 0 spiro atoms. The van der Waals surface area contributed by atoms with Gasteiger partial charge in [-0.05, 0) is 36.8 Å². The Bertz CT molecular complexity index is 990. The highest BCUT2D eigenvalue weighted by molar-refractivity contribution is 7.90. The Labute approximate surface area is 161 Å². The van der Waals surface area contributed by atoms with Crippen molar-refractivity contribution in [1.29, 1.82) is 0 Å². The summed E-state index contributed by atoms with van der Waals surface area (Å²) >= 11 is 11.7. The van der Waals surface area contributed by atoms with Gasteiger partial charge in [0, 0.05) is 24.2 Å². The predicted molar refractivity (Wildman–Crippen MR) is 102 cm³/mol. The summed E-state index contributed by atoms with van der Waals surface area (Å²) in [4.78, 5) is 16.6. The average molecular weight is 412 g/mol. The molecule has 0 aromatic heterocycles. The van der Waals surface area contributed by atoms with Gasteiger partial charge in [-0.2, -0.15) is 0 Å². The largest absolute Gasteiger partial charge is 0.352 e. The number of nitrogens with zero attached hydrogens (tertiary/aromatic N) is 1. The van der Waals surface area contributed by atoms with E-state index in [-0.39, 0.29) is 10.8 Å². The lowest BCUT2D eigenvalue weighted by molar-refractivity contribution is 0.0953. The van der Waals surface area contributed by atoms with Crippen LogP contribution in [0.3, 0.4) is 0 Å². The molecule has 1 heterocycles. The summed E-state index contributed by atoms with van der Waals surface area (Å²) < 4.78 is 26.4. The molecule has 0 unspecified atom stereocenters. The fourth-order valence-corrected chi connectivity index (χ4v) is 4.01. The molecule has 136 valence electrons. The van der Waals surface area contributed by atoms with E-state index in [4.69, 9.17) is 23.2 Å². The molecule has 9 heteroatoms. The highest BCUT2D eigenvalue weighted by Gasteiger charge is 2.29. The molecular formula is C17H15Cl2N3O3S.